The lowest BCUT2D eigenvalue weighted by molar-refractivity contribution is -0.144. The van der Waals surface area contributed by atoms with Crippen molar-refractivity contribution in [1.82, 2.24) is 25.6 Å². The summed E-state index contributed by atoms with van der Waals surface area (Å²) in [6, 6.07) is 10.4. The van der Waals surface area contributed by atoms with E-state index in [1.54, 1.807) is 12.1 Å². The topological polar surface area (TPSA) is 94.8 Å². The molecule has 1 fully saturated rings. The summed E-state index contributed by atoms with van der Waals surface area (Å²) in [4.78, 5) is 23.8. The highest BCUT2D eigenvalue weighted by Gasteiger charge is 2.39. The number of imidazole rings is 1. The van der Waals surface area contributed by atoms with Crippen LogP contribution in [0.25, 0.3) is 22.2 Å². The Bertz CT molecular complexity index is 1410. The minimum Gasteiger partial charge on any atom is -0.468 e. The van der Waals surface area contributed by atoms with Gasteiger partial charge in [0, 0.05) is 34.4 Å². The molecule has 4 atom stereocenters. The van der Waals surface area contributed by atoms with Crippen LogP contribution in [0.3, 0.4) is 0 Å². The van der Waals surface area contributed by atoms with Gasteiger partial charge in [0.2, 0.25) is 0 Å². The maximum absolute atomic E-state index is 14.0. The van der Waals surface area contributed by atoms with Crippen molar-refractivity contribution in [2.24, 2.45) is 0 Å². The van der Waals surface area contributed by atoms with Crippen molar-refractivity contribution in [3.8, 4) is 11.3 Å². The Balaban J connectivity index is 1.37. The van der Waals surface area contributed by atoms with Crippen molar-refractivity contribution in [3.05, 3.63) is 77.4 Å². The van der Waals surface area contributed by atoms with Gasteiger partial charge in [0.1, 0.15) is 23.5 Å². The summed E-state index contributed by atoms with van der Waals surface area (Å²) in [6.45, 7) is 0. The summed E-state index contributed by atoms with van der Waals surface area (Å²) in [5, 5.41) is 8.19. The van der Waals surface area contributed by atoms with Gasteiger partial charge in [0.25, 0.3) is 0 Å². The molecule has 0 radical (unpaired) electrons. The van der Waals surface area contributed by atoms with Crippen molar-refractivity contribution in [1.29, 1.82) is 0 Å². The number of piperidine rings is 1. The average Bonchev–Trinajstić information content (AvgIpc) is 3.53. The molecule has 2 aliphatic rings. The molecule has 4 N–H and O–H groups in total. The summed E-state index contributed by atoms with van der Waals surface area (Å²) >= 11 is 0. The van der Waals surface area contributed by atoms with Gasteiger partial charge in [-0.15, -0.1) is 0 Å². The molecule has 0 amide bonds. The van der Waals surface area contributed by atoms with Crippen LogP contribution < -0.4 is 10.6 Å². The highest BCUT2D eigenvalue weighted by molar-refractivity contribution is 5.85. The van der Waals surface area contributed by atoms with Crippen LogP contribution in [-0.2, 0) is 16.0 Å². The van der Waals surface area contributed by atoms with Gasteiger partial charge < -0.3 is 14.7 Å². The average molecular weight is 492 g/mol. The summed E-state index contributed by atoms with van der Waals surface area (Å²) in [5.41, 5.74) is 4.42. The molecule has 2 aromatic heterocycles. The normalized spacial score (nSPS) is 24.0. The summed E-state index contributed by atoms with van der Waals surface area (Å²) < 4.78 is 32.4. The number of hydrogen-bond acceptors (Lipinski definition) is 5. The molecular weight excluding hydrogens is 464 g/mol. The summed E-state index contributed by atoms with van der Waals surface area (Å²) in [7, 11) is 1.41. The van der Waals surface area contributed by atoms with E-state index in [1.807, 2.05) is 12.3 Å². The number of nitrogens with one attached hydrogen (secondary N) is 4. The van der Waals surface area contributed by atoms with Gasteiger partial charge in [0.15, 0.2) is 0 Å². The van der Waals surface area contributed by atoms with E-state index in [-0.39, 0.29) is 41.8 Å². The van der Waals surface area contributed by atoms with Gasteiger partial charge in [0.05, 0.1) is 24.9 Å². The van der Waals surface area contributed by atoms with Crippen LogP contribution in [0.1, 0.15) is 48.4 Å². The zero-order valence-corrected chi connectivity index (χ0v) is 19.8. The van der Waals surface area contributed by atoms with Crippen LogP contribution in [0.5, 0.6) is 0 Å². The Morgan fingerprint density at radius 3 is 2.67 bits per heavy atom. The SMILES string of the molecule is COC(=O)C1CCCC(C2N[C@@H](c3nc(-c4ccc(F)cc4)c[nH]3)Cc3c2[nH]c2cc(F)ccc32)N1. The second-order valence-electron chi connectivity index (χ2n) is 9.57. The first-order valence-corrected chi connectivity index (χ1v) is 12.2. The molecule has 0 aliphatic carbocycles. The van der Waals surface area contributed by atoms with E-state index in [1.165, 1.54) is 31.4 Å². The Morgan fingerprint density at radius 1 is 1.06 bits per heavy atom. The van der Waals surface area contributed by atoms with Crippen LogP contribution in [0.15, 0.2) is 48.7 Å². The number of carbonyl (C=O) groups excluding carboxylic acids is 1. The molecule has 3 unspecified atom stereocenters. The number of benzene rings is 2. The van der Waals surface area contributed by atoms with E-state index in [0.29, 0.717) is 6.42 Å². The first-order valence-electron chi connectivity index (χ1n) is 12.2. The van der Waals surface area contributed by atoms with Gasteiger partial charge in [-0.2, -0.15) is 0 Å². The molecule has 0 bridgehead atoms. The van der Waals surface area contributed by atoms with Crippen molar-refractivity contribution in [2.45, 2.75) is 49.9 Å². The molecule has 2 aromatic carbocycles. The lowest BCUT2D eigenvalue weighted by Crippen LogP contribution is -2.54. The quantitative estimate of drug-likeness (QED) is 0.317. The first-order chi connectivity index (χ1) is 17.5. The third-order valence-corrected chi connectivity index (χ3v) is 7.38. The number of fused-ring (bicyclic) bond motifs is 3. The number of H-pyrrole nitrogens is 2. The minimum absolute atomic E-state index is 0.0335. The summed E-state index contributed by atoms with van der Waals surface area (Å²) in [6.07, 6.45) is 4.97. The lowest BCUT2D eigenvalue weighted by atomic mass is 9.85. The minimum atomic E-state index is -0.366. The third kappa shape index (κ3) is 4.08. The van der Waals surface area contributed by atoms with Gasteiger partial charge >= 0.3 is 5.97 Å². The monoisotopic (exact) mass is 491 g/mol. The van der Waals surface area contributed by atoms with E-state index in [2.05, 4.69) is 20.6 Å². The number of halogens is 2. The standard InChI is InChI=1S/C27H27F2N5O2/c1-36-27(35)20-4-2-3-19(31-20)25-24-18(17-10-9-16(29)11-21(17)32-24)12-22(33-25)26-30-13-23(34-26)14-5-7-15(28)8-6-14/h5-11,13,19-20,22,25,31-33H,2-4,12H2,1H3,(H,30,34)/t19?,20?,22-,25?/m1/s1. The molecule has 9 heteroatoms. The Labute approximate surface area is 206 Å². The van der Waals surface area contributed by atoms with E-state index < -0.39 is 0 Å². The molecule has 7 nitrogen and oxygen atoms in total. The van der Waals surface area contributed by atoms with E-state index in [9.17, 15) is 13.6 Å². The molecular formula is C27H27F2N5O2. The molecule has 36 heavy (non-hydrogen) atoms. The molecule has 186 valence electrons. The zero-order chi connectivity index (χ0) is 24.8. The van der Waals surface area contributed by atoms with Crippen LogP contribution in [0.2, 0.25) is 0 Å². The number of carbonyl (C=O) groups is 1. The molecule has 4 heterocycles. The van der Waals surface area contributed by atoms with Crippen LogP contribution in [0, 0.1) is 11.6 Å². The Morgan fingerprint density at radius 2 is 1.86 bits per heavy atom. The van der Waals surface area contributed by atoms with Crippen LogP contribution in [0.4, 0.5) is 8.78 Å². The van der Waals surface area contributed by atoms with E-state index in [4.69, 9.17) is 9.72 Å². The maximum Gasteiger partial charge on any atom is 0.322 e. The Hall–Kier alpha value is -3.56. The predicted molar refractivity (Wildman–Crippen MR) is 131 cm³/mol. The molecule has 2 aliphatic heterocycles. The van der Waals surface area contributed by atoms with Gasteiger partial charge in [-0.3, -0.25) is 15.4 Å². The van der Waals surface area contributed by atoms with Crippen molar-refractivity contribution in [2.75, 3.05) is 7.11 Å². The lowest BCUT2D eigenvalue weighted by Gasteiger charge is -2.39. The third-order valence-electron chi connectivity index (χ3n) is 7.38. The number of aromatic amines is 2. The second kappa shape index (κ2) is 9.15. The zero-order valence-electron chi connectivity index (χ0n) is 19.8. The number of methoxy groups -OCH3 is 1. The van der Waals surface area contributed by atoms with Crippen molar-refractivity contribution < 1.29 is 18.3 Å². The van der Waals surface area contributed by atoms with Crippen molar-refractivity contribution in [3.63, 3.8) is 0 Å². The smallest absolute Gasteiger partial charge is 0.322 e. The van der Waals surface area contributed by atoms with Gasteiger partial charge in [-0.05, 0) is 73.7 Å². The van der Waals surface area contributed by atoms with Crippen LogP contribution >= 0.6 is 0 Å². The highest BCUT2D eigenvalue weighted by Crippen LogP contribution is 2.39. The molecule has 4 aromatic rings. The second-order valence-corrected chi connectivity index (χ2v) is 9.57. The number of aromatic nitrogens is 3. The van der Waals surface area contributed by atoms with E-state index in [0.717, 1.165) is 58.5 Å². The largest absolute Gasteiger partial charge is 0.468 e. The predicted octanol–water partition coefficient (Wildman–Crippen LogP) is 4.45. The first kappa shape index (κ1) is 22.9. The fraction of sp³-hybridized carbons (Fsp3) is 0.333. The molecule has 1 saturated heterocycles. The number of nitrogens with zero attached hydrogens (tertiary/aromatic N) is 1. The highest BCUT2D eigenvalue weighted by atomic mass is 19.1. The molecule has 0 saturated carbocycles. The number of rotatable bonds is 4. The van der Waals surface area contributed by atoms with Crippen molar-refractivity contribution >= 4 is 16.9 Å². The maximum atomic E-state index is 14.0. The number of ether oxygens (including phenoxy) is 1. The fourth-order valence-electron chi connectivity index (χ4n) is 5.63. The molecule has 0 spiro atoms. The Kier molecular flexibility index (Phi) is 5.81. The van der Waals surface area contributed by atoms with Gasteiger partial charge in [-0.25, -0.2) is 13.8 Å². The van der Waals surface area contributed by atoms with Gasteiger partial charge in [-0.1, -0.05) is 0 Å². The number of hydrogen-bond donors (Lipinski definition) is 4. The fourth-order valence-corrected chi connectivity index (χ4v) is 5.63. The summed E-state index contributed by atoms with van der Waals surface area (Å²) in [5.74, 6) is -0.0822. The number of esters is 1. The molecule has 6 rings (SSSR count). The van der Waals surface area contributed by atoms with E-state index >= 15 is 0 Å². The van der Waals surface area contributed by atoms with Crippen LogP contribution in [-0.4, -0.2) is 40.1 Å².